The van der Waals surface area contributed by atoms with E-state index in [1.807, 2.05) is 0 Å². The SMILES string of the molecule is CC(=O)COc1cnc(NC2CCC(Oc3nc(N4CCOCC4)cc4ccc(Br)cc34)CC2)nc1. The zero-order valence-electron chi connectivity index (χ0n) is 20.3. The molecule has 0 bridgehead atoms. The molecular formula is C26H30BrN5O4. The number of carbonyl (C=O) groups excluding carboxylic acids is 1. The van der Waals surface area contributed by atoms with Gasteiger partial charge in [0.15, 0.2) is 11.5 Å². The van der Waals surface area contributed by atoms with Gasteiger partial charge in [-0.1, -0.05) is 22.0 Å². The fourth-order valence-electron chi connectivity index (χ4n) is 4.54. The van der Waals surface area contributed by atoms with E-state index in [-0.39, 0.29) is 24.5 Å². The fourth-order valence-corrected chi connectivity index (χ4v) is 4.90. The van der Waals surface area contributed by atoms with E-state index < -0.39 is 0 Å². The number of pyridine rings is 1. The predicted octanol–water partition coefficient (Wildman–Crippen LogP) is 4.39. The number of halogens is 1. The third-order valence-corrected chi connectivity index (χ3v) is 6.93. The Hall–Kier alpha value is -2.98. The van der Waals surface area contributed by atoms with E-state index in [9.17, 15) is 4.79 Å². The van der Waals surface area contributed by atoms with E-state index in [4.69, 9.17) is 19.2 Å². The Morgan fingerprint density at radius 1 is 1.14 bits per heavy atom. The summed E-state index contributed by atoms with van der Waals surface area (Å²) in [4.78, 5) is 26.9. The summed E-state index contributed by atoms with van der Waals surface area (Å²) in [5, 5.41) is 5.54. The Kier molecular flexibility index (Phi) is 7.81. The summed E-state index contributed by atoms with van der Waals surface area (Å²) in [7, 11) is 0. The third-order valence-electron chi connectivity index (χ3n) is 6.44. The number of aromatic nitrogens is 3. The standard InChI is InChI=1S/C26H30BrN5O4/c1-17(33)16-35-22-14-28-26(29-15-22)30-20-4-6-21(7-5-20)36-25-23-13-19(27)3-2-18(23)12-24(31-25)32-8-10-34-11-9-32/h2-3,12-15,20-21H,4-11,16H2,1H3,(H,28,29,30). The molecule has 3 aromatic rings. The van der Waals surface area contributed by atoms with E-state index in [0.717, 1.165) is 59.8 Å². The van der Waals surface area contributed by atoms with Crippen molar-refractivity contribution < 1.29 is 19.0 Å². The van der Waals surface area contributed by atoms with Crippen molar-refractivity contribution in [2.75, 3.05) is 43.1 Å². The van der Waals surface area contributed by atoms with E-state index in [0.29, 0.717) is 30.8 Å². The number of morpholine rings is 1. The van der Waals surface area contributed by atoms with Crippen molar-refractivity contribution in [2.24, 2.45) is 0 Å². The van der Waals surface area contributed by atoms with Gasteiger partial charge in [0.05, 0.1) is 25.6 Å². The van der Waals surface area contributed by atoms with Gasteiger partial charge in [-0.05, 0) is 56.2 Å². The minimum atomic E-state index is -0.0418. The molecule has 9 nitrogen and oxygen atoms in total. The smallest absolute Gasteiger partial charge is 0.223 e. The molecule has 0 unspecified atom stereocenters. The molecule has 1 saturated heterocycles. The van der Waals surface area contributed by atoms with E-state index in [1.54, 1.807) is 12.4 Å². The van der Waals surface area contributed by atoms with Crippen LogP contribution in [-0.2, 0) is 9.53 Å². The molecule has 2 fully saturated rings. The Labute approximate surface area is 218 Å². The summed E-state index contributed by atoms with van der Waals surface area (Å²) in [5.74, 6) is 2.63. The lowest BCUT2D eigenvalue weighted by molar-refractivity contribution is -0.118. The maximum absolute atomic E-state index is 11.1. The molecule has 1 saturated carbocycles. The first-order valence-corrected chi connectivity index (χ1v) is 13.1. The molecule has 190 valence electrons. The topological polar surface area (TPSA) is 98.7 Å². The van der Waals surface area contributed by atoms with Gasteiger partial charge in [-0.25, -0.2) is 9.97 Å². The van der Waals surface area contributed by atoms with Crippen LogP contribution in [0, 0.1) is 0 Å². The van der Waals surface area contributed by atoms with Crippen molar-refractivity contribution in [3.05, 3.63) is 41.1 Å². The number of hydrogen-bond donors (Lipinski definition) is 1. The number of hydrogen-bond acceptors (Lipinski definition) is 9. The highest BCUT2D eigenvalue weighted by Gasteiger charge is 2.25. The highest BCUT2D eigenvalue weighted by atomic mass is 79.9. The number of nitrogens with one attached hydrogen (secondary N) is 1. The molecular weight excluding hydrogens is 526 g/mol. The number of benzene rings is 1. The van der Waals surface area contributed by atoms with Crippen LogP contribution in [0.4, 0.5) is 11.8 Å². The molecule has 1 aliphatic heterocycles. The van der Waals surface area contributed by atoms with E-state index >= 15 is 0 Å². The number of carbonyl (C=O) groups is 1. The second-order valence-corrected chi connectivity index (χ2v) is 10.1. The molecule has 0 amide bonds. The lowest BCUT2D eigenvalue weighted by Crippen LogP contribution is -2.37. The van der Waals surface area contributed by atoms with Crippen LogP contribution >= 0.6 is 15.9 Å². The van der Waals surface area contributed by atoms with Gasteiger partial charge in [0.25, 0.3) is 0 Å². The predicted molar refractivity (Wildman–Crippen MR) is 141 cm³/mol. The molecule has 3 heterocycles. The van der Waals surface area contributed by atoms with Crippen molar-refractivity contribution in [2.45, 2.75) is 44.8 Å². The van der Waals surface area contributed by atoms with Crippen molar-refractivity contribution in [1.29, 1.82) is 0 Å². The summed E-state index contributed by atoms with van der Waals surface area (Å²) < 4.78 is 18.4. The zero-order valence-corrected chi connectivity index (χ0v) is 21.9. The van der Waals surface area contributed by atoms with Crippen LogP contribution in [-0.4, -0.2) is 65.8 Å². The minimum Gasteiger partial charge on any atom is -0.483 e. The summed E-state index contributed by atoms with van der Waals surface area (Å²) in [6.45, 7) is 4.59. The third kappa shape index (κ3) is 6.22. The van der Waals surface area contributed by atoms with E-state index in [1.165, 1.54) is 6.92 Å². The highest BCUT2D eigenvalue weighted by Crippen LogP contribution is 2.33. The molecule has 0 spiro atoms. The van der Waals surface area contributed by atoms with Crippen molar-refractivity contribution in [1.82, 2.24) is 15.0 Å². The zero-order chi connectivity index (χ0) is 24.9. The van der Waals surface area contributed by atoms with Gasteiger partial charge >= 0.3 is 0 Å². The van der Waals surface area contributed by atoms with Gasteiger partial charge in [-0.3, -0.25) is 4.79 Å². The van der Waals surface area contributed by atoms with Gasteiger partial charge < -0.3 is 24.4 Å². The van der Waals surface area contributed by atoms with Crippen LogP contribution in [0.5, 0.6) is 11.6 Å². The van der Waals surface area contributed by atoms with Gasteiger partial charge in [0.1, 0.15) is 18.5 Å². The lowest BCUT2D eigenvalue weighted by Gasteiger charge is -2.31. The maximum atomic E-state index is 11.1. The summed E-state index contributed by atoms with van der Waals surface area (Å²) in [6, 6.07) is 8.64. The quantitative estimate of drug-likeness (QED) is 0.433. The molecule has 0 radical (unpaired) electrons. The van der Waals surface area contributed by atoms with Gasteiger partial charge in [-0.2, -0.15) is 4.98 Å². The number of anilines is 2. The number of nitrogens with zero attached hydrogens (tertiary/aromatic N) is 4. The normalized spacial score (nSPS) is 20.2. The first-order valence-electron chi connectivity index (χ1n) is 12.3. The second kappa shape index (κ2) is 11.4. The molecule has 5 rings (SSSR count). The Morgan fingerprint density at radius 3 is 2.61 bits per heavy atom. The highest BCUT2D eigenvalue weighted by molar-refractivity contribution is 9.10. The number of Topliss-reactive ketones (excluding diaryl/α,β-unsaturated/α-hetero) is 1. The molecule has 2 aromatic heterocycles. The maximum Gasteiger partial charge on any atom is 0.223 e. The lowest BCUT2D eigenvalue weighted by atomic mass is 9.93. The largest absolute Gasteiger partial charge is 0.483 e. The van der Waals surface area contributed by atoms with Crippen LogP contribution in [0.3, 0.4) is 0 Å². The number of ketones is 1. The molecule has 36 heavy (non-hydrogen) atoms. The minimum absolute atomic E-state index is 0.0244. The van der Waals surface area contributed by atoms with Gasteiger partial charge in [0, 0.05) is 29.0 Å². The van der Waals surface area contributed by atoms with Gasteiger partial charge in [-0.15, -0.1) is 0 Å². The first kappa shape index (κ1) is 24.7. The second-order valence-electron chi connectivity index (χ2n) is 9.22. The Morgan fingerprint density at radius 2 is 1.89 bits per heavy atom. The van der Waals surface area contributed by atoms with Gasteiger partial charge in [0.2, 0.25) is 11.8 Å². The molecule has 1 N–H and O–H groups in total. The summed E-state index contributed by atoms with van der Waals surface area (Å²) in [5.41, 5.74) is 0. The van der Waals surface area contributed by atoms with Crippen molar-refractivity contribution in [3.63, 3.8) is 0 Å². The summed E-state index contributed by atoms with van der Waals surface area (Å²) in [6.07, 6.45) is 6.99. The average Bonchev–Trinajstić information content (AvgIpc) is 2.90. The Balaban J connectivity index is 1.22. The molecule has 2 aliphatic rings. The number of fused-ring (bicyclic) bond motifs is 1. The molecule has 0 atom stereocenters. The number of ether oxygens (including phenoxy) is 3. The van der Waals surface area contributed by atoms with Crippen LogP contribution in [0.2, 0.25) is 0 Å². The van der Waals surface area contributed by atoms with E-state index in [2.05, 4.69) is 60.4 Å². The average molecular weight is 556 g/mol. The van der Waals surface area contributed by atoms with Crippen LogP contribution in [0.1, 0.15) is 32.6 Å². The molecule has 1 aromatic carbocycles. The van der Waals surface area contributed by atoms with Crippen LogP contribution in [0.25, 0.3) is 10.8 Å². The first-order chi connectivity index (χ1) is 17.5. The van der Waals surface area contributed by atoms with Crippen molar-refractivity contribution >= 4 is 44.3 Å². The monoisotopic (exact) mass is 555 g/mol. The molecule has 1 aliphatic carbocycles. The van der Waals surface area contributed by atoms with Crippen molar-refractivity contribution in [3.8, 4) is 11.6 Å². The fraction of sp³-hybridized carbons (Fsp3) is 0.462. The molecule has 10 heteroatoms. The number of rotatable bonds is 8. The van der Waals surface area contributed by atoms with Crippen LogP contribution in [0.15, 0.2) is 41.1 Å². The Bertz CT molecular complexity index is 1190. The summed E-state index contributed by atoms with van der Waals surface area (Å²) >= 11 is 3.59. The van der Waals surface area contributed by atoms with Crippen LogP contribution < -0.4 is 19.7 Å².